The van der Waals surface area contributed by atoms with E-state index < -0.39 is 0 Å². The largest absolute Gasteiger partial charge is 0.504 e. The Morgan fingerprint density at radius 1 is 1.28 bits per heavy atom. The summed E-state index contributed by atoms with van der Waals surface area (Å²) in [6, 6.07) is 4.50. The van der Waals surface area contributed by atoms with Crippen molar-refractivity contribution in [3.63, 3.8) is 0 Å². The van der Waals surface area contributed by atoms with E-state index in [0.29, 0.717) is 11.5 Å². The van der Waals surface area contributed by atoms with Gasteiger partial charge in [0.15, 0.2) is 11.5 Å². The number of nitrogens with one attached hydrogen (secondary N) is 1. The molecule has 0 spiro atoms. The normalized spacial score (nSPS) is 26.3. The lowest BCUT2D eigenvalue weighted by molar-refractivity contribution is 0.0736. The molecule has 1 aromatic carbocycles. The minimum atomic E-state index is -0.249. The van der Waals surface area contributed by atoms with Crippen LogP contribution >= 0.6 is 0 Å². The molecule has 0 saturated carbocycles. The summed E-state index contributed by atoms with van der Waals surface area (Å²) < 4.78 is 0. The van der Waals surface area contributed by atoms with Gasteiger partial charge in [0.1, 0.15) is 0 Å². The molecule has 0 unspecified atom stereocenters. The van der Waals surface area contributed by atoms with Gasteiger partial charge in [-0.3, -0.25) is 4.79 Å². The molecule has 2 aliphatic heterocycles. The van der Waals surface area contributed by atoms with Crippen LogP contribution in [-0.4, -0.2) is 46.7 Å². The van der Waals surface area contributed by atoms with Crippen molar-refractivity contribution in [1.82, 2.24) is 10.2 Å². The second-order valence-electron chi connectivity index (χ2n) is 4.98. The number of hydrogen-bond donors (Lipinski definition) is 3. The zero-order valence-corrected chi connectivity index (χ0v) is 9.97. The third kappa shape index (κ3) is 1.71. The average Bonchev–Trinajstić information content (AvgIpc) is 2.93. The van der Waals surface area contributed by atoms with E-state index in [2.05, 4.69) is 5.32 Å². The van der Waals surface area contributed by atoms with Gasteiger partial charge in [0.05, 0.1) is 0 Å². The second kappa shape index (κ2) is 4.17. The number of likely N-dealkylation sites (tertiary alicyclic amines) is 1. The molecule has 5 heteroatoms. The van der Waals surface area contributed by atoms with E-state index in [1.807, 2.05) is 4.90 Å². The Morgan fingerprint density at radius 3 is 2.89 bits per heavy atom. The number of carbonyl (C=O) groups excluding carboxylic acids is 1. The first-order chi connectivity index (χ1) is 8.66. The average molecular weight is 248 g/mol. The van der Waals surface area contributed by atoms with E-state index in [1.165, 1.54) is 12.1 Å². The molecule has 0 aliphatic carbocycles. The van der Waals surface area contributed by atoms with Crippen LogP contribution in [0, 0.1) is 5.92 Å². The molecule has 3 N–H and O–H groups in total. The SMILES string of the molecule is O=C(c1ccc(O)c(O)c1)N1CC[C@H]2CNC[C@H]21. The van der Waals surface area contributed by atoms with Gasteiger partial charge in [0.25, 0.3) is 5.91 Å². The summed E-state index contributed by atoms with van der Waals surface area (Å²) >= 11 is 0. The summed E-state index contributed by atoms with van der Waals surface area (Å²) in [5.41, 5.74) is 0.429. The lowest BCUT2D eigenvalue weighted by Crippen LogP contribution is -2.39. The molecule has 0 bridgehead atoms. The van der Waals surface area contributed by atoms with Crippen LogP contribution in [-0.2, 0) is 0 Å². The molecule has 2 atom stereocenters. The third-order valence-corrected chi connectivity index (χ3v) is 3.93. The maximum atomic E-state index is 12.4. The van der Waals surface area contributed by atoms with Crippen molar-refractivity contribution >= 4 is 5.91 Å². The van der Waals surface area contributed by atoms with Crippen LogP contribution < -0.4 is 5.32 Å². The Bertz CT molecular complexity index is 489. The Labute approximate surface area is 105 Å². The topological polar surface area (TPSA) is 72.8 Å². The first kappa shape index (κ1) is 11.3. The first-order valence-electron chi connectivity index (χ1n) is 6.20. The number of phenolic OH excluding ortho intramolecular Hbond substituents is 2. The van der Waals surface area contributed by atoms with Crippen LogP contribution in [0.3, 0.4) is 0 Å². The van der Waals surface area contributed by atoms with Crippen LogP contribution in [0.4, 0.5) is 0 Å². The van der Waals surface area contributed by atoms with Crippen LogP contribution in [0.25, 0.3) is 0 Å². The summed E-state index contributed by atoms with van der Waals surface area (Å²) in [5.74, 6) is 0.0377. The van der Waals surface area contributed by atoms with Crippen molar-refractivity contribution in [2.45, 2.75) is 12.5 Å². The fourth-order valence-electron chi connectivity index (χ4n) is 2.92. The fraction of sp³-hybridized carbons (Fsp3) is 0.462. The van der Waals surface area contributed by atoms with Crippen molar-refractivity contribution in [1.29, 1.82) is 0 Å². The molecule has 5 nitrogen and oxygen atoms in total. The number of rotatable bonds is 1. The van der Waals surface area contributed by atoms with Crippen LogP contribution in [0.1, 0.15) is 16.8 Å². The van der Waals surface area contributed by atoms with Gasteiger partial charge < -0.3 is 20.4 Å². The number of phenols is 2. The van der Waals surface area contributed by atoms with E-state index in [0.717, 1.165) is 26.1 Å². The summed E-state index contributed by atoms with van der Waals surface area (Å²) in [6.07, 6.45) is 1.04. The molecule has 2 fully saturated rings. The number of aromatic hydroxyl groups is 2. The molecule has 96 valence electrons. The van der Waals surface area contributed by atoms with Gasteiger partial charge in [-0.15, -0.1) is 0 Å². The molecule has 2 aliphatic rings. The highest BCUT2D eigenvalue weighted by atomic mass is 16.3. The summed E-state index contributed by atoms with van der Waals surface area (Å²) in [6.45, 7) is 2.60. The van der Waals surface area contributed by atoms with Crippen LogP contribution in [0.2, 0.25) is 0 Å². The highest BCUT2D eigenvalue weighted by molar-refractivity contribution is 5.95. The zero-order valence-electron chi connectivity index (χ0n) is 9.97. The van der Waals surface area contributed by atoms with Crippen molar-refractivity contribution in [3.8, 4) is 11.5 Å². The lowest BCUT2D eigenvalue weighted by atomic mass is 10.0. The smallest absolute Gasteiger partial charge is 0.254 e. The van der Waals surface area contributed by atoms with Gasteiger partial charge in [-0.2, -0.15) is 0 Å². The number of fused-ring (bicyclic) bond motifs is 1. The summed E-state index contributed by atoms with van der Waals surface area (Å²) in [5, 5.41) is 22.0. The van der Waals surface area contributed by atoms with E-state index in [9.17, 15) is 15.0 Å². The van der Waals surface area contributed by atoms with Gasteiger partial charge in [-0.25, -0.2) is 0 Å². The maximum absolute atomic E-state index is 12.4. The van der Waals surface area contributed by atoms with Gasteiger partial charge in [0, 0.05) is 31.2 Å². The molecule has 2 saturated heterocycles. The van der Waals surface area contributed by atoms with Crippen LogP contribution in [0.5, 0.6) is 11.5 Å². The van der Waals surface area contributed by atoms with Crippen molar-refractivity contribution in [2.75, 3.05) is 19.6 Å². The third-order valence-electron chi connectivity index (χ3n) is 3.93. The molecule has 0 aromatic heterocycles. The lowest BCUT2D eigenvalue weighted by Gasteiger charge is -2.23. The Kier molecular flexibility index (Phi) is 2.63. The molecule has 2 heterocycles. The van der Waals surface area contributed by atoms with E-state index in [-0.39, 0.29) is 23.4 Å². The van der Waals surface area contributed by atoms with Gasteiger partial charge in [-0.05, 0) is 30.5 Å². The molecule has 18 heavy (non-hydrogen) atoms. The highest BCUT2D eigenvalue weighted by Gasteiger charge is 2.40. The summed E-state index contributed by atoms with van der Waals surface area (Å²) in [4.78, 5) is 14.2. The minimum Gasteiger partial charge on any atom is -0.504 e. The van der Waals surface area contributed by atoms with Crippen molar-refractivity contribution in [2.24, 2.45) is 5.92 Å². The Morgan fingerprint density at radius 2 is 2.11 bits per heavy atom. The molecule has 1 aromatic rings. The van der Waals surface area contributed by atoms with E-state index in [1.54, 1.807) is 6.07 Å². The molecular weight excluding hydrogens is 232 g/mol. The number of carbonyl (C=O) groups is 1. The second-order valence-corrected chi connectivity index (χ2v) is 4.98. The van der Waals surface area contributed by atoms with E-state index >= 15 is 0 Å². The predicted molar refractivity (Wildman–Crippen MR) is 65.6 cm³/mol. The number of hydrogen-bond acceptors (Lipinski definition) is 4. The standard InChI is InChI=1S/C13H16N2O3/c16-11-2-1-8(5-12(11)17)13(18)15-4-3-9-6-14-7-10(9)15/h1-2,5,9-10,14,16-17H,3-4,6-7H2/t9-,10+/m0/s1. The highest BCUT2D eigenvalue weighted by Crippen LogP contribution is 2.30. The van der Waals surface area contributed by atoms with Crippen molar-refractivity contribution in [3.05, 3.63) is 23.8 Å². The van der Waals surface area contributed by atoms with Gasteiger partial charge >= 0.3 is 0 Å². The summed E-state index contributed by atoms with van der Waals surface area (Å²) in [7, 11) is 0. The van der Waals surface area contributed by atoms with Crippen molar-refractivity contribution < 1.29 is 15.0 Å². The molecule has 0 radical (unpaired) electrons. The minimum absolute atomic E-state index is 0.0681. The van der Waals surface area contributed by atoms with Gasteiger partial charge in [-0.1, -0.05) is 0 Å². The number of amides is 1. The zero-order chi connectivity index (χ0) is 12.7. The molecule has 1 amide bonds. The maximum Gasteiger partial charge on any atom is 0.254 e. The monoisotopic (exact) mass is 248 g/mol. The molecular formula is C13H16N2O3. The quantitative estimate of drug-likeness (QED) is 0.634. The van der Waals surface area contributed by atoms with E-state index in [4.69, 9.17) is 0 Å². The van der Waals surface area contributed by atoms with Gasteiger partial charge in [0.2, 0.25) is 0 Å². The number of benzene rings is 1. The number of nitrogens with zero attached hydrogens (tertiary/aromatic N) is 1. The fourth-order valence-corrected chi connectivity index (χ4v) is 2.92. The predicted octanol–water partition coefficient (Wildman–Crippen LogP) is 0.532. The first-order valence-corrected chi connectivity index (χ1v) is 6.20. The molecule has 3 rings (SSSR count). The Balaban J connectivity index is 1.84. The van der Waals surface area contributed by atoms with Crippen LogP contribution in [0.15, 0.2) is 18.2 Å². The Hall–Kier alpha value is -1.75.